The lowest BCUT2D eigenvalue weighted by atomic mass is 9.70. The molecule has 0 amide bonds. The predicted octanol–water partition coefficient (Wildman–Crippen LogP) is 21.2. The third-order valence-corrected chi connectivity index (χ3v) is 15.3. The molecule has 73 heavy (non-hydrogen) atoms. The highest BCUT2D eigenvalue weighted by molar-refractivity contribution is 5.93. The van der Waals surface area contributed by atoms with Crippen LogP contribution in [0.25, 0.3) is 45.6 Å². The summed E-state index contributed by atoms with van der Waals surface area (Å²) in [7, 11) is 0. The Morgan fingerprint density at radius 3 is 1.03 bits per heavy atom. The molecule has 0 atom stereocenters. The topological polar surface area (TPSA) is 0 Å². The Morgan fingerprint density at radius 2 is 0.658 bits per heavy atom. The Hall–Kier alpha value is -6.76. The van der Waals surface area contributed by atoms with Gasteiger partial charge in [-0.05, 0) is 131 Å². The van der Waals surface area contributed by atoms with E-state index < -0.39 is 0 Å². The fourth-order valence-corrected chi connectivity index (χ4v) is 11.0. The van der Waals surface area contributed by atoms with Crippen molar-refractivity contribution in [2.75, 3.05) is 0 Å². The number of hydrogen-bond acceptors (Lipinski definition) is 0. The van der Waals surface area contributed by atoms with Crippen molar-refractivity contribution in [3.05, 3.63) is 261 Å². The number of rotatable bonds is 21. The summed E-state index contributed by atoms with van der Waals surface area (Å²) in [5, 5.41) is 0. The molecular weight excluding hydrogens is 877 g/mol. The normalized spacial score (nSPS) is 12.7. The van der Waals surface area contributed by atoms with E-state index in [2.05, 4.69) is 248 Å². The molecule has 0 nitrogen and oxygen atoms in total. The second-order valence-electron chi connectivity index (χ2n) is 21.0. The van der Waals surface area contributed by atoms with Crippen molar-refractivity contribution in [2.24, 2.45) is 0 Å². The van der Waals surface area contributed by atoms with Gasteiger partial charge < -0.3 is 0 Å². The zero-order valence-electron chi connectivity index (χ0n) is 45.0. The van der Waals surface area contributed by atoms with Gasteiger partial charge in [-0.25, -0.2) is 0 Å². The summed E-state index contributed by atoms with van der Waals surface area (Å²) >= 11 is 0. The molecule has 9 rings (SSSR count). The molecule has 8 aromatic carbocycles. The number of hydrogen-bond donors (Lipinski definition) is 0. The lowest BCUT2D eigenvalue weighted by Gasteiger charge is -2.33. The maximum absolute atomic E-state index is 2.53. The van der Waals surface area contributed by atoms with Crippen molar-refractivity contribution in [1.29, 1.82) is 0 Å². The Morgan fingerprint density at radius 1 is 0.329 bits per heavy atom. The smallest absolute Gasteiger partial charge is 0.0215 e. The first-order chi connectivity index (χ1) is 35.7. The number of unbranched alkanes of at least 4 members (excludes halogenated alkanes) is 10. The van der Waals surface area contributed by atoms with Crippen molar-refractivity contribution >= 4 is 23.3 Å². The molecule has 0 spiro atoms. The van der Waals surface area contributed by atoms with E-state index in [1.54, 1.807) is 11.1 Å². The molecule has 0 fully saturated rings. The number of fused-ring (bicyclic) bond motifs is 3. The highest BCUT2D eigenvalue weighted by atomic mass is 14.4. The summed E-state index contributed by atoms with van der Waals surface area (Å²) in [6.45, 7) is 13.4. The molecule has 0 aromatic heterocycles. The molecule has 0 saturated heterocycles. The van der Waals surface area contributed by atoms with Crippen LogP contribution in [0.4, 0.5) is 0 Å². The highest BCUT2D eigenvalue weighted by Gasteiger charge is 2.42. The maximum atomic E-state index is 2.53. The summed E-state index contributed by atoms with van der Waals surface area (Å²) in [6.07, 6.45) is 23.8. The van der Waals surface area contributed by atoms with Gasteiger partial charge in [-0.15, -0.1) is 0 Å². The Balaban J connectivity index is 0.000000205. The number of benzene rings is 8. The van der Waals surface area contributed by atoms with Gasteiger partial charge in [0.05, 0.1) is 0 Å². The quantitative estimate of drug-likeness (QED) is 0.0497. The fraction of sp³-hybridized carbons (Fsp3) is 0.288. The first-order valence-electron chi connectivity index (χ1n) is 27.9. The van der Waals surface area contributed by atoms with Crippen LogP contribution in [0.1, 0.15) is 171 Å². The van der Waals surface area contributed by atoms with E-state index in [1.165, 1.54) is 179 Å². The molecule has 1 aliphatic carbocycles. The van der Waals surface area contributed by atoms with Crippen LogP contribution in [0.3, 0.4) is 0 Å². The van der Waals surface area contributed by atoms with E-state index in [0.717, 1.165) is 0 Å². The lowest BCUT2D eigenvalue weighted by molar-refractivity contribution is 0.397. The molecule has 0 saturated carbocycles. The molecule has 0 bridgehead atoms. The van der Waals surface area contributed by atoms with Crippen LogP contribution in [-0.2, 0) is 5.41 Å². The average molecular weight is 957 g/mol. The van der Waals surface area contributed by atoms with Crippen molar-refractivity contribution in [3.63, 3.8) is 0 Å². The van der Waals surface area contributed by atoms with Gasteiger partial charge in [0.1, 0.15) is 0 Å². The summed E-state index contributed by atoms with van der Waals surface area (Å²) in [6, 6.07) is 71.0. The SMILES string of the molecule is CCCCCCCCC1(CCCCCCCC)c2cc(C)ccc2-c2ccc(C)cc21.Cc1ccc(C(=Cc2ccc(-c3ccc(C=C(c4ccccc4)c4ccc(C)cc4)cc3)cc2)c2ccccc2)cc1. The van der Waals surface area contributed by atoms with E-state index in [0.29, 0.717) is 0 Å². The monoisotopic (exact) mass is 957 g/mol. The van der Waals surface area contributed by atoms with E-state index in [4.69, 9.17) is 0 Å². The average Bonchev–Trinajstić information content (AvgIpc) is 3.68. The molecule has 0 N–H and O–H groups in total. The Kier molecular flexibility index (Phi) is 18.9. The van der Waals surface area contributed by atoms with Gasteiger partial charge in [-0.2, -0.15) is 0 Å². The minimum Gasteiger partial charge on any atom is -0.0654 e. The van der Waals surface area contributed by atoms with E-state index in [9.17, 15) is 0 Å². The van der Waals surface area contributed by atoms with E-state index in [1.807, 2.05) is 0 Å². The lowest BCUT2D eigenvalue weighted by Crippen LogP contribution is -2.25. The first kappa shape index (κ1) is 52.6. The van der Waals surface area contributed by atoms with Gasteiger partial charge >= 0.3 is 0 Å². The zero-order valence-corrected chi connectivity index (χ0v) is 45.0. The van der Waals surface area contributed by atoms with Crippen LogP contribution in [0.5, 0.6) is 0 Å². The van der Waals surface area contributed by atoms with Crippen molar-refractivity contribution < 1.29 is 0 Å². The van der Waals surface area contributed by atoms with Gasteiger partial charge in [0.15, 0.2) is 0 Å². The van der Waals surface area contributed by atoms with Crippen LogP contribution in [0.2, 0.25) is 0 Å². The van der Waals surface area contributed by atoms with E-state index in [-0.39, 0.29) is 5.41 Å². The molecule has 0 heteroatoms. The molecule has 1 aliphatic rings. The zero-order chi connectivity index (χ0) is 50.8. The van der Waals surface area contributed by atoms with Crippen molar-refractivity contribution in [3.8, 4) is 22.3 Å². The van der Waals surface area contributed by atoms with E-state index >= 15 is 0 Å². The second-order valence-corrected chi connectivity index (χ2v) is 21.0. The van der Waals surface area contributed by atoms with Crippen LogP contribution in [0, 0.1) is 27.7 Å². The summed E-state index contributed by atoms with van der Waals surface area (Å²) in [5.74, 6) is 0. The minimum absolute atomic E-state index is 0.234. The third-order valence-electron chi connectivity index (χ3n) is 15.3. The van der Waals surface area contributed by atoms with Crippen LogP contribution < -0.4 is 0 Å². The van der Waals surface area contributed by atoms with Crippen LogP contribution in [-0.4, -0.2) is 0 Å². The Bertz CT molecular complexity index is 2790. The van der Waals surface area contributed by atoms with Gasteiger partial charge in [-0.3, -0.25) is 0 Å². The molecular formula is C73H80. The van der Waals surface area contributed by atoms with Crippen molar-refractivity contribution in [2.45, 2.75) is 137 Å². The van der Waals surface area contributed by atoms with Crippen molar-refractivity contribution in [1.82, 2.24) is 0 Å². The first-order valence-corrected chi connectivity index (χ1v) is 27.9. The largest absolute Gasteiger partial charge is 0.0654 e. The molecule has 0 radical (unpaired) electrons. The van der Waals surface area contributed by atoms with Gasteiger partial charge in [0.25, 0.3) is 0 Å². The number of aryl methyl sites for hydroxylation is 4. The molecule has 0 unspecified atom stereocenters. The van der Waals surface area contributed by atoms with Crippen LogP contribution in [0.15, 0.2) is 194 Å². The Labute approximate surface area is 441 Å². The predicted molar refractivity (Wildman–Crippen MR) is 319 cm³/mol. The van der Waals surface area contributed by atoms with Gasteiger partial charge in [0, 0.05) is 5.41 Å². The molecule has 0 heterocycles. The fourth-order valence-electron chi connectivity index (χ4n) is 11.0. The molecule has 372 valence electrons. The maximum Gasteiger partial charge on any atom is 0.0215 e. The molecule has 0 aliphatic heterocycles. The van der Waals surface area contributed by atoms with Gasteiger partial charge in [0.2, 0.25) is 0 Å². The standard InChI is InChI=1S/C42H34.C31H46/c1-31-13-21-39(22-14-31)41(37-9-5-3-6-10-37)29-33-17-25-35(26-18-33)36-27-19-34(20-28-36)30-42(38-11-7-4-8-12-38)40-23-15-32(2)16-24-40;1-5-7-9-11-13-15-21-31(22-16-14-12-10-8-6-2)29-23-25(3)17-19-27(29)28-20-18-26(4)24-30(28)31/h3-30H,1-2H3;17-20,23-24H,5-16,21-22H2,1-4H3. The third kappa shape index (κ3) is 13.9. The minimum atomic E-state index is 0.234. The summed E-state index contributed by atoms with van der Waals surface area (Å²) in [4.78, 5) is 0. The van der Waals surface area contributed by atoms with Gasteiger partial charge in [-0.1, -0.05) is 307 Å². The second kappa shape index (κ2) is 26.3. The highest BCUT2D eigenvalue weighted by Crippen LogP contribution is 2.54. The molecule has 8 aromatic rings. The summed E-state index contributed by atoms with van der Waals surface area (Å²) in [5.41, 5.74) is 24.0. The van der Waals surface area contributed by atoms with Crippen LogP contribution >= 0.6 is 0 Å². The summed E-state index contributed by atoms with van der Waals surface area (Å²) < 4.78 is 0.